The van der Waals surface area contributed by atoms with Gasteiger partial charge in [-0.2, -0.15) is 0 Å². The van der Waals surface area contributed by atoms with Gasteiger partial charge in [-0.1, -0.05) is 6.92 Å². The summed E-state index contributed by atoms with van der Waals surface area (Å²) >= 11 is 5.05. The number of aryl methyl sites for hydroxylation is 1. The van der Waals surface area contributed by atoms with Crippen molar-refractivity contribution in [2.75, 3.05) is 12.8 Å². The average Bonchev–Trinajstić information content (AvgIpc) is 2.94. The number of hydrogen-bond acceptors (Lipinski definition) is 5. The first-order valence-corrected chi connectivity index (χ1v) is 7.40. The van der Waals surface area contributed by atoms with Gasteiger partial charge in [-0.3, -0.25) is 0 Å². The molecule has 2 aromatic heterocycles. The normalized spacial score (nSPS) is 10.7. The van der Waals surface area contributed by atoms with Crippen molar-refractivity contribution in [2.45, 2.75) is 19.9 Å². The first kappa shape index (κ1) is 14.1. The van der Waals surface area contributed by atoms with Crippen molar-refractivity contribution in [2.24, 2.45) is 0 Å². The molecular weight excluding hydrogens is 330 g/mol. The summed E-state index contributed by atoms with van der Waals surface area (Å²) in [6.07, 6.45) is 0.702. The molecule has 0 aliphatic rings. The molecule has 102 valence electrons. The minimum atomic E-state index is -0.502. The number of hydrogen-bond donors (Lipinski definition) is 1. The number of thiophene rings is 1. The van der Waals surface area contributed by atoms with Crippen LogP contribution in [0.5, 0.6) is 0 Å². The van der Waals surface area contributed by atoms with Crippen LogP contribution >= 0.6 is 27.3 Å². The van der Waals surface area contributed by atoms with E-state index in [1.54, 1.807) is 11.3 Å². The van der Waals surface area contributed by atoms with Gasteiger partial charge in [-0.25, -0.2) is 9.78 Å². The second kappa shape index (κ2) is 5.75. The highest BCUT2D eigenvalue weighted by Crippen LogP contribution is 2.24. The standard InChI is InChI=1S/C12H14BrN3O2S/c1-3-9-15-10(12(17)18-2)11(14)16(9)5-8-4-7(13)6-19-8/h4,6H,3,5,14H2,1-2H3. The Hall–Kier alpha value is -1.34. The Morgan fingerprint density at radius 1 is 1.63 bits per heavy atom. The third-order valence-electron chi connectivity index (χ3n) is 2.72. The van der Waals surface area contributed by atoms with Gasteiger partial charge < -0.3 is 15.0 Å². The summed E-state index contributed by atoms with van der Waals surface area (Å²) in [6.45, 7) is 2.58. The molecule has 7 heteroatoms. The highest BCUT2D eigenvalue weighted by atomic mass is 79.9. The summed E-state index contributed by atoms with van der Waals surface area (Å²) in [4.78, 5) is 17.0. The number of nitrogen functional groups attached to an aromatic ring is 1. The number of carbonyl (C=O) groups is 1. The fraction of sp³-hybridized carbons (Fsp3) is 0.333. The number of rotatable bonds is 4. The quantitative estimate of drug-likeness (QED) is 0.866. The molecule has 2 aromatic rings. The summed E-state index contributed by atoms with van der Waals surface area (Å²) in [5, 5.41) is 2.01. The Kier molecular flexibility index (Phi) is 4.26. The van der Waals surface area contributed by atoms with Crippen molar-refractivity contribution in [3.63, 3.8) is 0 Å². The van der Waals surface area contributed by atoms with Crippen molar-refractivity contribution >= 4 is 39.1 Å². The molecule has 0 amide bonds. The second-order valence-corrected chi connectivity index (χ2v) is 5.84. The molecule has 0 saturated carbocycles. The van der Waals surface area contributed by atoms with Crippen LogP contribution in [0.1, 0.15) is 28.1 Å². The van der Waals surface area contributed by atoms with Crippen molar-refractivity contribution < 1.29 is 9.53 Å². The number of ether oxygens (including phenoxy) is 1. The van der Waals surface area contributed by atoms with Gasteiger partial charge in [-0.05, 0) is 22.0 Å². The van der Waals surface area contributed by atoms with Crippen LogP contribution in [0.25, 0.3) is 0 Å². The molecule has 0 saturated heterocycles. The van der Waals surface area contributed by atoms with E-state index >= 15 is 0 Å². The fourth-order valence-corrected chi connectivity index (χ4v) is 3.24. The maximum absolute atomic E-state index is 11.6. The molecule has 0 aliphatic heterocycles. The Morgan fingerprint density at radius 3 is 2.89 bits per heavy atom. The van der Waals surface area contributed by atoms with E-state index in [9.17, 15) is 4.79 Å². The van der Waals surface area contributed by atoms with E-state index < -0.39 is 5.97 Å². The number of anilines is 1. The van der Waals surface area contributed by atoms with Gasteiger partial charge in [0.15, 0.2) is 5.69 Å². The zero-order valence-corrected chi connectivity index (χ0v) is 13.0. The Labute approximate surface area is 123 Å². The predicted octanol–water partition coefficient (Wildman–Crippen LogP) is 2.69. The van der Waals surface area contributed by atoms with Gasteiger partial charge in [0.1, 0.15) is 11.6 Å². The minimum absolute atomic E-state index is 0.190. The lowest BCUT2D eigenvalue weighted by molar-refractivity contribution is 0.0595. The molecular formula is C12H14BrN3O2S. The van der Waals surface area contributed by atoms with Crippen LogP contribution in [0.3, 0.4) is 0 Å². The third-order valence-corrected chi connectivity index (χ3v) is 4.40. The summed E-state index contributed by atoms with van der Waals surface area (Å²) in [6, 6.07) is 2.03. The van der Waals surface area contributed by atoms with Crippen LogP contribution in [0.4, 0.5) is 5.82 Å². The first-order chi connectivity index (χ1) is 9.06. The van der Waals surface area contributed by atoms with Crippen LogP contribution in [-0.2, 0) is 17.7 Å². The highest BCUT2D eigenvalue weighted by Gasteiger charge is 2.20. The van der Waals surface area contributed by atoms with E-state index in [2.05, 4.69) is 25.7 Å². The molecule has 0 bridgehead atoms. The van der Waals surface area contributed by atoms with Gasteiger partial charge >= 0.3 is 5.97 Å². The van der Waals surface area contributed by atoms with E-state index in [4.69, 9.17) is 5.73 Å². The second-order valence-electron chi connectivity index (χ2n) is 3.92. The molecule has 0 radical (unpaired) electrons. The summed E-state index contributed by atoms with van der Waals surface area (Å²) < 4.78 is 7.58. The highest BCUT2D eigenvalue weighted by molar-refractivity contribution is 9.10. The van der Waals surface area contributed by atoms with Gasteiger partial charge in [0.05, 0.1) is 13.7 Å². The Balaban J connectivity index is 2.38. The molecule has 0 unspecified atom stereocenters. The summed E-state index contributed by atoms with van der Waals surface area (Å²) in [5.74, 6) is 0.633. The van der Waals surface area contributed by atoms with E-state index in [0.717, 1.165) is 15.2 Å². The molecule has 0 spiro atoms. The van der Waals surface area contributed by atoms with Crippen LogP contribution < -0.4 is 5.73 Å². The van der Waals surface area contributed by atoms with E-state index in [0.29, 0.717) is 18.8 Å². The Morgan fingerprint density at radius 2 is 2.37 bits per heavy atom. The third kappa shape index (κ3) is 2.82. The zero-order chi connectivity index (χ0) is 14.0. The maximum atomic E-state index is 11.6. The molecule has 0 aliphatic carbocycles. The van der Waals surface area contributed by atoms with Gasteiger partial charge in [0.25, 0.3) is 0 Å². The molecule has 0 atom stereocenters. The van der Waals surface area contributed by atoms with E-state index in [1.165, 1.54) is 7.11 Å². The molecule has 19 heavy (non-hydrogen) atoms. The number of esters is 1. The lowest BCUT2D eigenvalue weighted by Crippen LogP contribution is -2.09. The van der Waals surface area contributed by atoms with E-state index in [1.807, 2.05) is 22.9 Å². The van der Waals surface area contributed by atoms with Gasteiger partial charge in [0, 0.05) is 21.2 Å². The smallest absolute Gasteiger partial charge is 0.360 e. The molecule has 2 rings (SSSR count). The summed E-state index contributed by atoms with van der Waals surface area (Å²) in [5.41, 5.74) is 6.19. The van der Waals surface area contributed by atoms with Crippen molar-refractivity contribution in [1.82, 2.24) is 9.55 Å². The number of nitrogens with two attached hydrogens (primary N) is 1. The topological polar surface area (TPSA) is 70.1 Å². The lowest BCUT2D eigenvalue weighted by atomic mass is 10.4. The monoisotopic (exact) mass is 343 g/mol. The first-order valence-electron chi connectivity index (χ1n) is 5.72. The number of halogens is 1. The molecule has 2 N–H and O–H groups in total. The van der Waals surface area contributed by atoms with Crippen molar-refractivity contribution in [3.8, 4) is 0 Å². The molecule has 0 aromatic carbocycles. The van der Waals surface area contributed by atoms with Gasteiger partial charge in [0.2, 0.25) is 0 Å². The van der Waals surface area contributed by atoms with Crippen LogP contribution in [0.2, 0.25) is 0 Å². The van der Waals surface area contributed by atoms with Crippen LogP contribution in [-0.4, -0.2) is 22.6 Å². The van der Waals surface area contributed by atoms with E-state index in [-0.39, 0.29) is 5.69 Å². The van der Waals surface area contributed by atoms with Crippen molar-refractivity contribution in [3.05, 3.63) is 32.3 Å². The largest absolute Gasteiger partial charge is 0.464 e. The number of carbonyl (C=O) groups excluding carboxylic acids is 1. The molecule has 2 heterocycles. The SMILES string of the molecule is CCc1nc(C(=O)OC)c(N)n1Cc1cc(Br)cs1. The number of aromatic nitrogens is 2. The number of imidazole rings is 1. The predicted molar refractivity (Wildman–Crippen MR) is 78.5 cm³/mol. The maximum Gasteiger partial charge on any atom is 0.360 e. The minimum Gasteiger partial charge on any atom is -0.464 e. The van der Waals surface area contributed by atoms with Crippen LogP contribution in [0, 0.1) is 0 Å². The lowest BCUT2D eigenvalue weighted by Gasteiger charge is -2.06. The fourth-order valence-electron chi connectivity index (χ4n) is 1.80. The van der Waals surface area contributed by atoms with Gasteiger partial charge in [-0.15, -0.1) is 11.3 Å². The molecule has 5 nitrogen and oxygen atoms in total. The zero-order valence-electron chi connectivity index (χ0n) is 10.6. The van der Waals surface area contributed by atoms with Crippen molar-refractivity contribution in [1.29, 1.82) is 0 Å². The Bertz CT molecular complexity index is 606. The number of nitrogens with zero attached hydrogens (tertiary/aromatic N) is 2. The summed E-state index contributed by atoms with van der Waals surface area (Å²) in [7, 11) is 1.32. The molecule has 0 fully saturated rings. The van der Waals surface area contributed by atoms with Crippen LogP contribution in [0.15, 0.2) is 15.9 Å². The number of methoxy groups -OCH3 is 1. The average molecular weight is 344 g/mol.